The summed E-state index contributed by atoms with van der Waals surface area (Å²) >= 11 is 7.42. The van der Waals surface area contributed by atoms with Crippen LogP contribution in [0.1, 0.15) is 89.2 Å². The minimum atomic E-state index is 0.0583. The molecule has 0 saturated carbocycles. The molecule has 0 unspecified atom stereocenters. The summed E-state index contributed by atoms with van der Waals surface area (Å²) in [5, 5.41) is 0. The number of hydrogen-bond acceptors (Lipinski definition) is 3. The molecule has 44 heavy (non-hydrogen) atoms. The molecule has 6 rings (SSSR count). The number of fused-ring (bicyclic) bond motifs is 3. The first-order chi connectivity index (χ1) is 21.6. The Bertz CT molecular complexity index is 1680. The minimum absolute atomic E-state index is 0.0583. The van der Waals surface area contributed by atoms with E-state index < -0.39 is 0 Å². The number of thiophene rings is 2. The number of halogens is 1. The van der Waals surface area contributed by atoms with Crippen molar-refractivity contribution in [3.63, 3.8) is 0 Å². The summed E-state index contributed by atoms with van der Waals surface area (Å²) in [5.41, 5.74) is 10.00. The van der Waals surface area contributed by atoms with Crippen LogP contribution < -0.4 is 4.74 Å². The van der Waals surface area contributed by atoms with Gasteiger partial charge in [-0.3, -0.25) is 0 Å². The SMILES string of the molecule is CCCCCCC1(CCCCCC)c2cc(-c3ccc(Br)s3)ccc2-c2ccc(-c3ccc(-c4ccc(OC)cc4)s3)cc21. The first-order valence-electron chi connectivity index (χ1n) is 16.4. The third kappa shape index (κ3) is 6.36. The highest BCUT2D eigenvalue weighted by Crippen LogP contribution is 2.56. The number of rotatable bonds is 14. The van der Waals surface area contributed by atoms with Gasteiger partial charge in [0.05, 0.1) is 10.9 Å². The molecule has 0 fully saturated rings. The Kier molecular flexibility index (Phi) is 10.1. The fourth-order valence-corrected chi connectivity index (χ4v) is 9.44. The maximum absolute atomic E-state index is 5.39. The van der Waals surface area contributed by atoms with Crippen molar-refractivity contribution in [1.82, 2.24) is 0 Å². The maximum Gasteiger partial charge on any atom is 0.118 e. The van der Waals surface area contributed by atoms with Gasteiger partial charge in [-0.1, -0.05) is 89.5 Å². The lowest BCUT2D eigenvalue weighted by molar-refractivity contribution is 0.401. The van der Waals surface area contributed by atoms with Crippen LogP contribution in [-0.4, -0.2) is 7.11 Å². The van der Waals surface area contributed by atoms with Crippen molar-refractivity contribution in [1.29, 1.82) is 0 Å². The molecular weight excluding hydrogens is 640 g/mol. The Morgan fingerprint density at radius 2 is 1.07 bits per heavy atom. The van der Waals surface area contributed by atoms with Gasteiger partial charge >= 0.3 is 0 Å². The number of hydrogen-bond donors (Lipinski definition) is 0. The predicted molar refractivity (Wildman–Crippen MR) is 196 cm³/mol. The highest BCUT2D eigenvalue weighted by atomic mass is 79.9. The summed E-state index contributed by atoms with van der Waals surface area (Å²) in [5.74, 6) is 0.896. The van der Waals surface area contributed by atoms with Crippen LogP contribution in [0.25, 0.3) is 42.4 Å². The quantitative estimate of drug-likeness (QED) is 0.106. The molecule has 0 N–H and O–H groups in total. The van der Waals surface area contributed by atoms with Crippen molar-refractivity contribution in [3.05, 3.63) is 99.8 Å². The van der Waals surface area contributed by atoms with Crippen LogP contribution in [0.3, 0.4) is 0 Å². The van der Waals surface area contributed by atoms with Crippen molar-refractivity contribution >= 4 is 38.6 Å². The molecule has 0 aliphatic heterocycles. The zero-order valence-electron chi connectivity index (χ0n) is 26.3. The maximum atomic E-state index is 5.39. The van der Waals surface area contributed by atoms with E-state index in [2.05, 4.69) is 115 Å². The molecule has 1 aliphatic carbocycles. The topological polar surface area (TPSA) is 9.23 Å². The lowest BCUT2D eigenvalue weighted by Crippen LogP contribution is -2.25. The van der Waals surface area contributed by atoms with Crippen molar-refractivity contribution in [2.24, 2.45) is 0 Å². The van der Waals surface area contributed by atoms with Gasteiger partial charge in [0.1, 0.15) is 5.75 Å². The van der Waals surface area contributed by atoms with E-state index in [0.717, 1.165) is 5.75 Å². The molecule has 3 aromatic carbocycles. The van der Waals surface area contributed by atoms with Gasteiger partial charge in [-0.05, 0) is 128 Å². The summed E-state index contributed by atoms with van der Waals surface area (Å²) in [7, 11) is 1.72. The number of ether oxygens (including phenoxy) is 1. The number of benzene rings is 3. The zero-order chi connectivity index (χ0) is 30.5. The second-order valence-electron chi connectivity index (χ2n) is 12.2. The monoisotopic (exact) mass is 682 g/mol. The van der Waals surface area contributed by atoms with Crippen LogP contribution in [0.4, 0.5) is 0 Å². The van der Waals surface area contributed by atoms with Crippen molar-refractivity contribution in [2.45, 2.75) is 83.5 Å². The third-order valence-electron chi connectivity index (χ3n) is 9.40. The van der Waals surface area contributed by atoms with Crippen LogP contribution in [0, 0.1) is 0 Å². The summed E-state index contributed by atoms with van der Waals surface area (Å²) in [6.07, 6.45) is 12.8. The first-order valence-corrected chi connectivity index (χ1v) is 18.8. The van der Waals surface area contributed by atoms with E-state index in [1.54, 1.807) is 18.2 Å². The Balaban J connectivity index is 1.43. The molecule has 1 nitrogen and oxygen atoms in total. The van der Waals surface area contributed by atoms with Crippen molar-refractivity contribution in [2.75, 3.05) is 7.11 Å². The van der Waals surface area contributed by atoms with Gasteiger partial charge in [0, 0.05) is 20.0 Å². The molecule has 2 heterocycles. The van der Waals surface area contributed by atoms with Crippen LogP contribution in [0.15, 0.2) is 88.7 Å². The molecule has 1 aliphatic rings. The van der Waals surface area contributed by atoms with Gasteiger partial charge in [0.25, 0.3) is 0 Å². The molecule has 0 spiro atoms. The van der Waals surface area contributed by atoms with E-state index in [4.69, 9.17) is 4.74 Å². The van der Waals surface area contributed by atoms with Crippen LogP contribution in [0.5, 0.6) is 5.75 Å². The van der Waals surface area contributed by atoms with Crippen LogP contribution in [-0.2, 0) is 5.41 Å². The molecule has 228 valence electrons. The van der Waals surface area contributed by atoms with Gasteiger partial charge in [-0.25, -0.2) is 0 Å². The van der Waals surface area contributed by atoms with Crippen LogP contribution in [0.2, 0.25) is 0 Å². The standard InChI is InChI=1S/C40H43BrOS2/c1-4-6-8-10-24-40(25-11-9-7-5-2)34-26-29(37-21-20-36(43-37)28-12-16-31(42-3)17-13-28)14-18-32(34)33-19-15-30(27-35(33)40)38-22-23-39(41)44-38/h12-23,26-27H,4-11,24-25H2,1-3H3. The average Bonchev–Trinajstić information content (AvgIpc) is 3.79. The first kappa shape index (κ1) is 31.3. The minimum Gasteiger partial charge on any atom is -0.497 e. The van der Waals surface area contributed by atoms with E-state index in [-0.39, 0.29) is 5.41 Å². The van der Waals surface area contributed by atoms with Crippen LogP contribution >= 0.6 is 38.6 Å². The summed E-state index contributed by atoms with van der Waals surface area (Å²) in [6.45, 7) is 4.64. The Morgan fingerprint density at radius 1 is 0.568 bits per heavy atom. The summed E-state index contributed by atoms with van der Waals surface area (Å²) < 4.78 is 6.58. The second-order valence-corrected chi connectivity index (χ2v) is 15.8. The third-order valence-corrected chi connectivity index (χ3v) is 12.3. The van der Waals surface area contributed by atoms with Gasteiger partial charge in [-0.2, -0.15) is 0 Å². The lowest BCUT2D eigenvalue weighted by atomic mass is 9.70. The highest BCUT2D eigenvalue weighted by molar-refractivity contribution is 9.11. The Labute approximate surface area is 280 Å². The van der Waals surface area contributed by atoms with Gasteiger partial charge < -0.3 is 4.74 Å². The van der Waals surface area contributed by atoms with Gasteiger partial charge in [0.2, 0.25) is 0 Å². The second kappa shape index (κ2) is 14.2. The molecule has 0 saturated heterocycles. The van der Waals surface area contributed by atoms with Gasteiger partial charge in [-0.15, -0.1) is 22.7 Å². The predicted octanol–water partition coefficient (Wildman–Crippen LogP) is 13.8. The van der Waals surface area contributed by atoms with E-state index >= 15 is 0 Å². The van der Waals surface area contributed by atoms with Gasteiger partial charge in [0.15, 0.2) is 0 Å². The zero-order valence-corrected chi connectivity index (χ0v) is 29.5. The number of unbranched alkanes of at least 4 members (excludes halogenated alkanes) is 6. The molecule has 0 radical (unpaired) electrons. The van der Waals surface area contributed by atoms with E-state index in [9.17, 15) is 0 Å². The molecule has 0 atom stereocenters. The van der Waals surface area contributed by atoms with Crippen molar-refractivity contribution < 1.29 is 4.74 Å². The molecular formula is C40H43BrOS2. The lowest BCUT2D eigenvalue weighted by Gasteiger charge is -2.33. The number of methoxy groups -OCH3 is 1. The fraction of sp³-hybridized carbons (Fsp3) is 0.350. The Morgan fingerprint density at radius 3 is 1.57 bits per heavy atom. The molecule has 4 heteroatoms. The van der Waals surface area contributed by atoms with E-state index in [1.165, 1.54) is 110 Å². The van der Waals surface area contributed by atoms with E-state index in [1.807, 2.05) is 22.7 Å². The van der Waals surface area contributed by atoms with Crippen molar-refractivity contribution in [3.8, 4) is 48.2 Å². The summed E-state index contributed by atoms with van der Waals surface area (Å²) in [6, 6.07) is 32.1. The molecule has 0 bridgehead atoms. The molecule has 2 aromatic heterocycles. The Hall–Kier alpha value is -2.66. The fourth-order valence-electron chi connectivity index (χ4n) is 7.05. The molecule has 5 aromatic rings. The average molecular weight is 684 g/mol. The largest absolute Gasteiger partial charge is 0.497 e. The molecule has 0 amide bonds. The summed E-state index contributed by atoms with van der Waals surface area (Å²) in [4.78, 5) is 3.97. The smallest absolute Gasteiger partial charge is 0.118 e. The van der Waals surface area contributed by atoms with E-state index in [0.29, 0.717) is 0 Å². The highest BCUT2D eigenvalue weighted by Gasteiger charge is 2.42. The normalized spacial score (nSPS) is 13.2.